The van der Waals surface area contributed by atoms with Crippen LogP contribution in [0.2, 0.25) is 0 Å². The molecule has 7 nitrogen and oxygen atoms in total. The highest BCUT2D eigenvalue weighted by molar-refractivity contribution is 9.10. The lowest BCUT2D eigenvalue weighted by Crippen LogP contribution is -2.02. The highest BCUT2D eigenvalue weighted by Crippen LogP contribution is 2.29. The van der Waals surface area contributed by atoms with Gasteiger partial charge in [0, 0.05) is 24.7 Å². The molecule has 0 aliphatic rings. The normalized spacial score (nSPS) is 10.7. The molecule has 0 spiro atoms. The average Bonchev–Trinajstić information content (AvgIpc) is 3.14. The number of thioether (sulfide) groups is 1. The number of hydrogen-bond donors (Lipinski definition) is 0. The van der Waals surface area contributed by atoms with Crippen molar-refractivity contribution in [1.29, 1.82) is 0 Å². The fraction of sp³-hybridized carbons (Fsp3) is 0.294. The highest BCUT2D eigenvalue weighted by atomic mass is 79.9. The summed E-state index contributed by atoms with van der Waals surface area (Å²) in [7, 11) is 0. The first-order valence-corrected chi connectivity index (χ1v) is 9.86. The smallest absolute Gasteiger partial charge is 0.187 e. The third kappa shape index (κ3) is 5.43. The number of nitrogens with zero attached hydrogens (tertiary/aromatic N) is 5. The summed E-state index contributed by atoms with van der Waals surface area (Å²) in [4.78, 5) is 8.33. The van der Waals surface area contributed by atoms with Crippen LogP contribution in [0.15, 0.2) is 52.5 Å². The summed E-state index contributed by atoms with van der Waals surface area (Å²) in [6, 6.07) is 7.43. The molecule has 0 saturated carbocycles. The van der Waals surface area contributed by atoms with Gasteiger partial charge in [0.25, 0.3) is 0 Å². The number of rotatable bonds is 9. The van der Waals surface area contributed by atoms with E-state index in [-0.39, 0.29) is 0 Å². The van der Waals surface area contributed by atoms with Crippen molar-refractivity contribution in [2.24, 2.45) is 0 Å². The molecule has 0 bridgehead atoms. The number of aromatic nitrogens is 5. The summed E-state index contributed by atoms with van der Waals surface area (Å²) in [5.41, 5.74) is 0.795. The van der Waals surface area contributed by atoms with Gasteiger partial charge in [-0.2, -0.15) is 0 Å². The SMILES string of the molecule is CCn1cc(COc2ccc(OCCSc3ncccn3)c(Br)c2)nn1. The second kappa shape index (κ2) is 9.54. The lowest BCUT2D eigenvalue weighted by Gasteiger charge is -2.10. The molecule has 0 radical (unpaired) electrons. The van der Waals surface area contributed by atoms with Gasteiger partial charge < -0.3 is 9.47 Å². The van der Waals surface area contributed by atoms with Gasteiger partial charge in [-0.15, -0.1) is 5.10 Å². The van der Waals surface area contributed by atoms with E-state index in [0.717, 1.165) is 39.1 Å². The van der Waals surface area contributed by atoms with Crippen LogP contribution in [0.3, 0.4) is 0 Å². The number of ether oxygens (including phenoxy) is 2. The Kier molecular flexibility index (Phi) is 6.84. The molecule has 0 aliphatic heterocycles. The molecule has 2 aromatic heterocycles. The molecule has 3 rings (SSSR count). The van der Waals surface area contributed by atoms with Crippen molar-refractivity contribution in [2.45, 2.75) is 25.2 Å². The average molecular weight is 436 g/mol. The predicted molar refractivity (Wildman–Crippen MR) is 102 cm³/mol. The third-order valence-electron chi connectivity index (χ3n) is 3.31. The molecule has 0 aliphatic carbocycles. The van der Waals surface area contributed by atoms with Gasteiger partial charge >= 0.3 is 0 Å². The molecule has 0 atom stereocenters. The minimum absolute atomic E-state index is 0.375. The summed E-state index contributed by atoms with van der Waals surface area (Å²) < 4.78 is 14.1. The number of hydrogen-bond acceptors (Lipinski definition) is 7. The Morgan fingerprint density at radius 1 is 1.19 bits per heavy atom. The van der Waals surface area contributed by atoms with Crippen molar-refractivity contribution >= 4 is 27.7 Å². The number of benzene rings is 1. The van der Waals surface area contributed by atoms with Gasteiger partial charge in [-0.05, 0) is 47.1 Å². The Morgan fingerprint density at radius 2 is 2.04 bits per heavy atom. The quantitative estimate of drug-likeness (QED) is 0.288. The summed E-state index contributed by atoms with van der Waals surface area (Å²) in [6.45, 7) is 3.74. The topological polar surface area (TPSA) is 75.0 Å². The van der Waals surface area contributed by atoms with Crippen LogP contribution < -0.4 is 9.47 Å². The van der Waals surface area contributed by atoms with E-state index >= 15 is 0 Å². The van der Waals surface area contributed by atoms with E-state index < -0.39 is 0 Å². The first-order valence-electron chi connectivity index (χ1n) is 8.08. The van der Waals surface area contributed by atoms with E-state index in [1.807, 2.05) is 31.3 Å². The molecule has 0 N–H and O–H groups in total. The monoisotopic (exact) mass is 435 g/mol. The molecule has 1 aromatic carbocycles. The molecule has 0 saturated heterocycles. The summed E-state index contributed by atoms with van der Waals surface area (Å²) in [5, 5.41) is 8.79. The van der Waals surface area contributed by atoms with Crippen LogP contribution in [-0.4, -0.2) is 37.3 Å². The zero-order chi connectivity index (χ0) is 18.2. The lowest BCUT2D eigenvalue weighted by atomic mass is 10.3. The van der Waals surface area contributed by atoms with Gasteiger partial charge in [0.2, 0.25) is 0 Å². The maximum Gasteiger partial charge on any atom is 0.187 e. The van der Waals surface area contributed by atoms with Crippen molar-refractivity contribution in [2.75, 3.05) is 12.4 Å². The first-order chi connectivity index (χ1) is 12.7. The molecule has 3 aromatic rings. The minimum Gasteiger partial charge on any atom is -0.492 e. The van der Waals surface area contributed by atoms with E-state index in [0.29, 0.717) is 13.2 Å². The molecular formula is C17H18BrN5O2S. The van der Waals surface area contributed by atoms with Crippen LogP contribution in [0.5, 0.6) is 11.5 Å². The van der Waals surface area contributed by atoms with Crippen molar-refractivity contribution in [3.63, 3.8) is 0 Å². The standard InChI is InChI=1S/C17H18BrN5O2S/c1-2-23-11-13(21-22-23)12-25-14-4-5-16(15(18)10-14)24-8-9-26-17-19-6-3-7-20-17/h3-7,10-11H,2,8-9,12H2,1H3. The van der Waals surface area contributed by atoms with Crippen LogP contribution in [-0.2, 0) is 13.2 Å². The Hall–Kier alpha value is -2.13. The Bertz CT molecular complexity index is 831. The van der Waals surface area contributed by atoms with Crippen molar-refractivity contribution < 1.29 is 9.47 Å². The second-order valence-electron chi connectivity index (χ2n) is 5.17. The van der Waals surface area contributed by atoms with Gasteiger partial charge in [0.05, 0.1) is 17.3 Å². The fourth-order valence-electron chi connectivity index (χ4n) is 2.05. The van der Waals surface area contributed by atoms with E-state index in [4.69, 9.17) is 9.47 Å². The van der Waals surface area contributed by atoms with Crippen LogP contribution in [0, 0.1) is 0 Å². The fourth-order valence-corrected chi connectivity index (χ4v) is 3.14. The summed E-state index contributed by atoms with van der Waals surface area (Å²) in [6.07, 6.45) is 5.34. The molecule has 0 fully saturated rings. The van der Waals surface area contributed by atoms with Crippen LogP contribution in [0.1, 0.15) is 12.6 Å². The molecule has 0 amide bonds. The number of halogens is 1. The lowest BCUT2D eigenvalue weighted by molar-refractivity contribution is 0.299. The van der Waals surface area contributed by atoms with Gasteiger partial charge in [0.1, 0.15) is 23.8 Å². The first kappa shape index (κ1) is 18.7. The van der Waals surface area contributed by atoms with Crippen LogP contribution in [0.25, 0.3) is 0 Å². The van der Waals surface area contributed by atoms with Crippen LogP contribution in [0.4, 0.5) is 0 Å². The van der Waals surface area contributed by atoms with Crippen molar-refractivity contribution in [3.05, 3.63) is 53.0 Å². The predicted octanol–water partition coefficient (Wildman–Crippen LogP) is 3.60. The molecule has 136 valence electrons. The maximum atomic E-state index is 5.79. The highest BCUT2D eigenvalue weighted by Gasteiger charge is 2.06. The maximum absolute atomic E-state index is 5.79. The molecule has 2 heterocycles. The minimum atomic E-state index is 0.375. The van der Waals surface area contributed by atoms with E-state index in [1.54, 1.807) is 34.9 Å². The van der Waals surface area contributed by atoms with E-state index in [2.05, 4.69) is 36.2 Å². The van der Waals surface area contributed by atoms with Gasteiger partial charge in [-0.25, -0.2) is 9.97 Å². The Balaban J connectivity index is 1.46. The second-order valence-corrected chi connectivity index (χ2v) is 7.09. The summed E-state index contributed by atoms with van der Waals surface area (Å²) >= 11 is 5.07. The van der Waals surface area contributed by atoms with Crippen LogP contribution >= 0.6 is 27.7 Å². The number of aryl methyl sites for hydroxylation is 1. The van der Waals surface area contributed by atoms with Crippen molar-refractivity contribution in [3.8, 4) is 11.5 Å². The molecule has 0 unspecified atom stereocenters. The zero-order valence-corrected chi connectivity index (χ0v) is 16.6. The van der Waals surface area contributed by atoms with Gasteiger partial charge in [0.15, 0.2) is 5.16 Å². The zero-order valence-electron chi connectivity index (χ0n) is 14.2. The van der Waals surface area contributed by atoms with Gasteiger partial charge in [-0.1, -0.05) is 17.0 Å². The van der Waals surface area contributed by atoms with E-state index in [9.17, 15) is 0 Å². The molecular weight excluding hydrogens is 418 g/mol. The Morgan fingerprint density at radius 3 is 2.77 bits per heavy atom. The van der Waals surface area contributed by atoms with Crippen molar-refractivity contribution in [1.82, 2.24) is 25.0 Å². The van der Waals surface area contributed by atoms with Gasteiger partial charge in [-0.3, -0.25) is 4.68 Å². The Labute approximate surface area is 164 Å². The summed E-state index contributed by atoms with van der Waals surface area (Å²) in [5.74, 6) is 2.27. The molecule has 26 heavy (non-hydrogen) atoms. The molecule has 9 heteroatoms. The van der Waals surface area contributed by atoms with E-state index in [1.165, 1.54) is 0 Å². The third-order valence-corrected chi connectivity index (χ3v) is 4.77. The largest absolute Gasteiger partial charge is 0.492 e.